The second-order valence-corrected chi connectivity index (χ2v) is 7.94. The summed E-state index contributed by atoms with van der Waals surface area (Å²) in [4.78, 5) is 44.9. The predicted octanol–water partition coefficient (Wildman–Crippen LogP) is 3.75. The molecule has 1 aromatic heterocycles. The van der Waals surface area contributed by atoms with Gasteiger partial charge in [-0.15, -0.1) is 0 Å². The van der Waals surface area contributed by atoms with Gasteiger partial charge in [-0.1, -0.05) is 46.4 Å². The number of aromatic amines is 1. The van der Waals surface area contributed by atoms with E-state index < -0.39 is 29.1 Å². The maximum Gasteiger partial charge on any atom is 0.321 e. The Morgan fingerprint density at radius 3 is 2.47 bits per heavy atom. The van der Waals surface area contributed by atoms with Gasteiger partial charge < -0.3 is 20.9 Å². The first kappa shape index (κ1) is 23.8. The number of nitrogens with two attached hydrogens (primary N) is 1. The minimum Gasteiger partial charge on any atom is -0.468 e. The number of benzene rings is 2. The van der Waals surface area contributed by atoms with Gasteiger partial charge >= 0.3 is 5.97 Å². The molecule has 166 valence electrons. The van der Waals surface area contributed by atoms with E-state index in [9.17, 15) is 14.4 Å². The molecule has 0 fully saturated rings. The lowest BCUT2D eigenvalue weighted by Gasteiger charge is -2.16. The average molecular weight is 517 g/mol. The predicted molar refractivity (Wildman–Crippen MR) is 124 cm³/mol. The number of aromatic nitrogens is 2. The molecule has 0 unspecified atom stereocenters. The molecule has 4 N–H and O–H groups in total. The third kappa shape index (κ3) is 4.81. The molecule has 0 aliphatic rings. The molecular formula is C19H13Cl4N5O4. The minimum absolute atomic E-state index is 0.0669. The first-order chi connectivity index (χ1) is 15.2. The van der Waals surface area contributed by atoms with Crippen LogP contribution in [0.3, 0.4) is 0 Å². The van der Waals surface area contributed by atoms with Gasteiger partial charge in [0.25, 0.3) is 11.5 Å². The Morgan fingerprint density at radius 2 is 1.81 bits per heavy atom. The number of carbonyl (C=O) groups is 2. The van der Waals surface area contributed by atoms with Gasteiger partial charge in [0.2, 0.25) is 0 Å². The summed E-state index contributed by atoms with van der Waals surface area (Å²) in [5.41, 5.74) is -0.963. The summed E-state index contributed by atoms with van der Waals surface area (Å²) in [6.07, 6.45) is 0. The zero-order valence-electron chi connectivity index (χ0n) is 16.1. The van der Waals surface area contributed by atoms with Crippen LogP contribution in [-0.2, 0) is 14.3 Å². The van der Waals surface area contributed by atoms with Crippen LogP contribution in [0.2, 0.25) is 20.1 Å². The standard InChI is InChI=1S/C19H13Cl4N5O4/c1-32-19(31)14(15-17(29)27-13-4-7(20)2-3-11(13)25-15)16(28-24)18(30)26-12-6-9(22)8(21)5-10(12)23/h2-6,14H,24H2,1H3,(H,26,30)(H,27,29)/b28-16+/t14-/m1/s1. The largest absolute Gasteiger partial charge is 0.468 e. The third-order valence-corrected chi connectivity index (χ3v) is 5.56. The van der Waals surface area contributed by atoms with Crippen molar-refractivity contribution in [3.63, 3.8) is 0 Å². The zero-order valence-corrected chi connectivity index (χ0v) is 19.1. The Hall–Kier alpha value is -2.85. The van der Waals surface area contributed by atoms with Crippen molar-refractivity contribution in [2.75, 3.05) is 12.4 Å². The van der Waals surface area contributed by atoms with Gasteiger partial charge in [0, 0.05) is 5.02 Å². The van der Waals surface area contributed by atoms with Crippen LogP contribution < -0.4 is 16.7 Å². The maximum atomic E-state index is 12.9. The normalized spacial score (nSPS) is 12.5. The molecule has 9 nitrogen and oxygen atoms in total. The summed E-state index contributed by atoms with van der Waals surface area (Å²) in [7, 11) is 1.08. The molecule has 0 aliphatic carbocycles. The fourth-order valence-corrected chi connectivity index (χ4v) is 3.57. The Labute approximate surface area is 200 Å². The summed E-state index contributed by atoms with van der Waals surface area (Å²) in [5, 5.41) is 6.58. The third-order valence-electron chi connectivity index (χ3n) is 4.29. The molecule has 0 radical (unpaired) electrons. The average Bonchev–Trinajstić information content (AvgIpc) is 2.74. The van der Waals surface area contributed by atoms with Gasteiger partial charge in [0.15, 0.2) is 5.92 Å². The molecule has 0 saturated heterocycles. The number of anilines is 1. The highest BCUT2D eigenvalue weighted by atomic mass is 35.5. The smallest absolute Gasteiger partial charge is 0.321 e. The number of rotatable bonds is 5. The van der Waals surface area contributed by atoms with Crippen LogP contribution in [0.5, 0.6) is 0 Å². The van der Waals surface area contributed by atoms with Crippen molar-refractivity contribution in [1.82, 2.24) is 9.97 Å². The molecule has 1 heterocycles. The number of H-pyrrole nitrogens is 1. The molecule has 32 heavy (non-hydrogen) atoms. The number of amides is 1. The Morgan fingerprint density at radius 1 is 1.12 bits per heavy atom. The highest BCUT2D eigenvalue weighted by molar-refractivity contribution is 6.49. The van der Waals surface area contributed by atoms with Crippen LogP contribution in [0.4, 0.5) is 5.69 Å². The van der Waals surface area contributed by atoms with Crippen molar-refractivity contribution in [2.45, 2.75) is 5.92 Å². The number of hydrogen-bond donors (Lipinski definition) is 3. The topological polar surface area (TPSA) is 140 Å². The van der Waals surface area contributed by atoms with Gasteiger partial charge in [-0.05, 0) is 30.3 Å². The number of hydrogen-bond acceptors (Lipinski definition) is 7. The summed E-state index contributed by atoms with van der Waals surface area (Å²) in [6, 6.07) is 7.18. The number of carbonyl (C=O) groups excluding carboxylic acids is 2. The van der Waals surface area contributed by atoms with Gasteiger partial charge in [0.1, 0.15) is 11.4 Å². The van der Waals surface area contributed by atoms with E-state index in [1.165, 1.54) is 24.3 Å². The summed E-state index contributed by atoms with van der Waals surface area (Å²) in [6.45, 7) is 0. The Kier molecular flexibility index (Phi) is 7.25. The second kappa shape index (κ2) is 9.74. The van der Waals surface area contributed by atoms with Crippen molar-refractivity contribution in [2.24, 2.45) is 10.9 Å². The number of fused-ring (bicyclic) bond motifs is 1. The van der Waals surface area contributed by atoms with Gasteiger partial charge in [-0.2, -0.15) is 5.10 Å². The molecule has 1 atom stereocenters. The molecule has 2 aromatic carbocycles. The summed E-state index contributed by atoms with van der Waals surface area (Å²) in [5.74, 6) is 1.84. The van der Waals surface area contributed by atoms with Crippen molar-refractivity contribution in [3.05, 3.63) is 66.5 Å². The van der Waals surface area contributed by atoms with E-state index in [4.69, 9.17) is 57.0 Å². The summed E-state index contributed by atoms with van der Waals surface area (Å²) < 4.78 is 4.76. The lowest BCUT2D eigenvalue weighted by molar-refractivity contribution is -0.141. The van der Waals surface area contributed by atoms with Crippen LogP contribution in [-0.4, -0.2) is 34.7 Å². The lowest BCUT2D eigenvalue weighted by atomic mass is 9.98. The van der Waals surface area contributed by atoms with E-state index in [1.807, 2.05) is 0 Å². The van der Waals surface area contributed by atoms with Crippen molar-refractivity contribution in [3.8, 4) is 0 Å². The number of hydrazone groups is 1. The molecule has 0 spiro atoms. The monoisotopic (exact) mass is 515 g/mol. The molecule has 0 bridgehead atoms. The Bertz CT molecular complexity index is 1330. The molecule has 3 rings (SSSR count). The highest BCUT2D eigenvalue weighted by Gasteiger charge is 2.36. The van der Waals surface area contributed by atoms with E-state index in [1.54, 1.807) is 6.07 Å². The quantitative estimate of drug-likeness (QED) is 0.155. The van der Waals surface area contributed by atoms with Crippen molar-refractivity contribution >= 4 is 80.7 Å². The first-order valence-electron chi connectivity index (χ1n) is 8.67. The molecule has 1 amide bonds. The van der Waals surface area contributed by atoms with Crippen molar-refractivity contribution in [1.29, 1.82) is 0 Å². The molecule has 3 aromatic rings. The fraction of sp³-hybridized carbons (Fsp3) is 0.105. The number of esters is 1. The van der Waals surface area contributed by atoms with Gasteiger partial charge in [-0.25, -0.2) is 4.98 Å². The number of methoxy groups -OCH3 is 1. The minimum atomic E-state index is -1.64. The van der Waals surface area contributed by atoms with E-state index in [0.717, 1.165) is 7.11 Å². The highest BCUT2D eigenvalue weighted by Crippen LogP contribution is 2.32. The summed E-state index contributed by atoms with van der Waals surface area (Å²) >= 11 is 23.9. The Balaban J connectivity index is 2.07. The SMILES string of the molecule is COC(=O)[C@@H](/C(=N\N)C(=O)Nc1cc(Cl)c(Cl)cc1Cl)c1nc2ccc(Cl)cc2[nH]c1=O. The number of halogens is 4. The molecule has 0 saturated carbocycles. The number of nitrogens with one attached hydrogen (secondary N) is 2. The van der Waals surface area contributed by atoms with E-state index >= 15 is 0 Å². The van der Waals surface area contributed by atoms with Crippen LogP contribution in [0.25, 0.3) is 11.0 Å². The van der Waals surface area contributed by atoms with Crippen LogP contribution >= 0.6 is 46.4 Å². The fourth-order valence-electron chi connectivity index (χ4n) is 2.81. The maximum absolute atomic E-state index is 12.9. The van der Waals surface area contributed by atoms with Crippen LogP contribution in [0.1, 0.15) is 11.6 Å². The molecule has 0 aliphatic heterocycles. The van der Waals surface area contributed by atoms with Gasteiger partial charge in [-0.3, -0.25) is 14.4 Å². The van der Waals surface area contributed by atoms with Crippen LogP contribution in [0, 0.1) is 0 Å². The number of nitrogens with zero attached hydrogens (tertiary/aromatic N) is 2. The van der Waals surface area contributed by atoms with E-state index in [-0.39, 0.29) is 26.4 Å². The van der Waals surface area contributed by atoms with E-state index in [0.29, 0.717) is 16.1 Å². The van der Waals surface area contributed by atoms with Crippen LogP contribution in [0.15, 0.2) is 40.2 Å². The number of ether oxygens (including phenoxy) is 1. The molecular weight excluding hydrogens is 504 g/mol. The first-order valence-corrected chi connectivity index (χ1v) is 10.2. The lowest BCUT2D eigenvalue weighted by Crippen LogP contribution is -2.38. The molecule has 13 heteroatoms. The van der Waals surface area contributed by atoms with Crippen molar-refractivity contribution < 1.29 is 14.3 Å². The van der Waals surface area contributed by atoms with Gasteiger partial charge in [0.05, 0.1) is 38.9 Å². The zero-order chi connectivity index (χ0) is 23.6. The second-order valence-electron chi connectivity index (χ2n) is 6.28. The van der Waals surface area contributed by atoms with E-state index in [2.05, 4.69) is 20.4 Å².